The van der Waals surface area contributed by atoms with Crippen LogP contribution in [0.5, 0.6) is 11.5 Å². The molecule has 8 nitrogen and oxygen atoms in total. The van der Waals surface area contributed by atoms with Crippen LogP contribution in [0, 0.1) is 0 Å². The number of methoxy groups -OCH3 is 2. The maximum absolute atomic E-state index is 12.7. The molecule has 0 radical (unpaired) electrons. The van der Waals surface area contributed by atoms with Crippen LogP contribution in [-0.2, 0) is 14.4 Å². The predicted octanol–water partition coefficient (Wildman–Crippen LogP) is 1.32. The van der Waals surface area contributed by atoms with E-state index >= 15 is 0 Å². The predicted molar refractivity (Wildman–Crippen MR) is 112 cm³/mol. The average molecular weight is 436 g/mol. The van der Waals surface area contributed by atoms with Gasteiger partial charge in [0.2, 0.25) is 0 Å². The van der Waals surface area contributed by atoms with Gasteiger partial charge in [-0.2, -0.15) is 0 Å². The van der Waals surface area contributed by atoms with E-state index in [1.165, 1.54) is 14.2 Å². The largest absolute Gasteiger partial charge is 0.493 e. The molecule has 3 rings (SSSR count). The number of carbonyl (C=O) groups is 3. The molecule has 1 aromatic rings. The van der Waals surface area contributed by atoms with Gasteiger partial charge >= 0.3 is 0 Å². The summed E-state index contributed by atoms with van der Waals surface area (Å²) >= 11 is 11.0. The lowest BCUT2D eigenvalue weighted by atomic mass is 10.2. The van der Waals surface area contributed by atoms with Crippen LogP contribution >= 0.6 is 36.2 Å². The van der Waals surface area contributed by atoms with E-state index in [1.54, 1.807) is 24.3 Å². The van der Waals surface area contributed by atoms with Crippen LogP contribution < -0.4 is 20.1 Å². The van der Waals surface area contributed by atoms with Gasteiger partial charge < -0.3 is 9.47 Å². The molecule has 0 bridgehead atoms. The van der Waals surface area contributed by atoms with Crippen LogP contribution in [0.1, 0.15) is 5.56 Å². The molecule has 2 fully saturated rings. The Morgan fingerprint density at radius 2 is 1.68 bits per heavy atom. The fraction of sp³-hybridized carbons (Fsp3) is 0.118. The zero-order valence-corrected chi connectivity index (χ0v) is 17.0. The van der Waals surface area contributed by atoms with Gasteiger partial charge in [-0.05, 0) is 36.0 Å². The van der Waals surface area contributed by atoms with Crippen molar-refractivity contribution in [1.82, 2.24) is 15.5 Å². The topological polar surface area (TPSA) is 97.0 Å². The Hall–Kier alpha value is -2.76. The number of ether oxygens (including phenoxy) is 2. The van der Waals surface area contributed by atoms with Crippen LogP contribution in [-0.4, -0.2) is 46.3 Å². The fourth-order valence-corrected chi connectivity index (χ4v) is 3.80. The first-order valence-corrected chi connectivity index (χ1v) is 9.35. The standard InChI is InChI=1S/C17H13N3O5S3/c1-24-10-4-3-8(5-11(10)25-2)6-12-15(23)20(17(27)28-12)7-9-13(21)18-16(26)19-14(9)22/h3-7H,1-2H3,(H2,18,19,21,22,26)/b12-6-. The quantitative estimate of drug-likeness (QED) is 0.415. The Morgan fingerprint density at radius 3 is 2.29 bits per heavy atom. The molecular formula is C17H13N3O5S3. The summed E-state index contributed by atoms with van der Waals surface area (Å²) in [5.41, 5.74) is 0.432. The highest BCUT2D eigenvalue weighted by atomic mass is 32.2. The van der Waals surface area contributed by atoms with Crippen LogP contribution in [0.25, 0.3) is 6.08 Å². The van der Waals surface area contributed by atoms with Crippen molar-refractivity contribution in [3.05, 3.63) is 40.4 Å². The van der Waals surface area contributed by atoms with E-state index in [4.69, 9.17) is 33.9 Å². The van der Waals surface area contributed by atoms with E-state index < -0.39 is 17.7 Å². The zero-order chi connectivity index (χ0) is 20.4. The summed E-state index contributed by atoms with van der Waals surface area (Å²) in [5.74, 6) is -0.783. The molecular weight excluding hydrogens is 422 g/mol. The molecule has 2 aliphatic rings. The number of amides is 3. The van der Waals surface area contributed by atoms with E-state index in [0.29, 0.717) is 22.0 Å². The molecule has 1 aromatic carbocycles. The minimum Gasteiger partial charge on any atom is -0.493 e. The van der Waals surface area contributed by atoms with Gasteiger partial charge in [0.1, 0.15) is 5.57 Å². The Labute approximate surface area is 174 Å². The molecule has 11 heteroatoms. The van der Waals surface area contributed by atoms with Crippen molar-refractivity contribution in [2.45, 2.75) is 0 Å². The summed E-state index contributed by atoms with van der Waals surface area (Å²) in [6.07, 6.45) is 2.75. The molecule has 0 aliphatic carbocycles. The van der Waals surface area contributed by atoms with Crippen molar-refractivity contribution in [1.29, 1.82) is 0 Å². The summed E-state index contributed by atoms with van der Waals surface area (Å²) in [7, 11) is 3.04. The van der Waals surface area contributed by atoms with Gasteiger partial charge in [0, 0.05) is 6.20 Å². The highest BCUT2D eigenvalue weighted by Crippen LogP contribution is 2.35. The number of carbonyl (C=O) groups excluding carboxylic acids is 3. The first kappa shape index (κ1) is 20.0. The van der Waals surface area contributed by atoms with Crippen LogP contribution in [0.2, 0.25) is 0 Å². The van der Waals surface area contributed by atoms with E-state index in [-0.39, 0.29) is 15.0 Å². The second-order valence-corrected chi connectivity index (χ2v) is 7.53. The molecule has 2 heterocycles. The third kappa shape index (κ3) is 3.91. The minimum atomic E-state index is -0.702. The first-order chi connectivity index (χ1) is 13.3. The highest BCUT2D eigenvalue weighted by Gasteiger charge is 2.34. The second kappa shape index (κ2) is 8.09. The van der Waals surface area contributed by atoms with E-state index in [9.17, 15) is 14.4 Å². The normalized spacial score (nSPS) is 18.4. The Kier molecular flexibility index (Phi) is 5.77. The summed E-state index contributed by atoms with van der Waals surface area (Å²) in [6, 6.07) is 5.19. The zero-order valence-electron chi connectivity index (χ0n) is 14.6. The maximum atomic E-state index is 12.7. The molecule has 0 atom stereocenters. The number of nitrogens with one attached hydrogen (secondary N) is 2. The number of nitrogens with zero attached hydrogens (tertiary/aromatic N) is 1. The van der Waals surface area contributed by atoms with Crippen molar-refractivity contribution in [2.75, 3.05) is 14.2 Å². The molecule has 2 N–H and O–H groups in total. The highest BCUT2D eigenvalue weighted by molar-refractivity contribution is 8.26. The maximum Gasteiger partial charge on any atom is 0.270 e. The molecule has 0 saturated carbocycles. The molecule has 2 saturated heterocycles. The van der Waals surface area contributed by atoms with Crippen molar-refractivity contribution < 1.29 is 23.9 Å². The fourth-order valence-electron chi connectivity index (χ4n) is 2.41. The number of hydrogen-bond acceptors (Lipinski definition) is 8. The van der Waals surface area contributed by atoms with Crippen LogP contribution in [0.15, 0.2) is 34.9 Å². The number of rotatable bonds is 4. The lowest BCUT2D eigenvalue weighted by molar-refractivity contribution is -0.123. The lowest BCUT2D eigenvalue weighted by Crippen LogP contribution is -2.51. The number of benzene rings is 1. The van der Waals surface area contributed by atoms with Crippen molar-refractivity contribution in [2.24, 2.45) is 0 Å². The van der Waals surface area contributed by atoms with Gasteiger partial charge in [-0.15, -0.1) is 0 Å². The van der Waals surface area contributed by atoms with Gasteiger partial charge in [-0.3, -0.25) is 29.9 Å². The summed E-state index contributed by atoms with van der Waals surface area (Å²) in [4.78, 5) is 38.0. The van der Waals surface area contributed by atoms with Gasteiger partial charge in [-0.1, -0.05) is 30.0 Å². The second-order valence-electron chi connectivity index (χ2n) is 5.45. The summed E-state index contributed by atoms with van der Waals surface area (Å²) in [5, 5.41) is 4.51. The van der Waals surface area contributed by atoms with E-state index in [1.807, 2.05) is 0 Å². The Balaban J connectivity index is 1.89. The molecule has 3 amide bonds. The van der Waals surface area contributed by atoms with Gasteiger partial charge in [0.25, 0.3) is 17.7 Å². The third-order valence-electron chi connectivity index (χ3n) is 3.73. The van der Waals surface area contributed by atoms with Crippen LogP contribution in [0.3, 0.4) is 0 Å². The monoisotopic (exact) mass is 435 g/mol. The SMILES string of the molecule is COc1ccc(/C=C2\SC(=S)N(C=C3C(=O)NC(=S)NC3=O)C2=O)cc1OC. The molecule has 0 unspecified atom stereocenters. The van der Waals surface area contributed by atoms with E-state index in [0.717, 1.165) is 22.9 Å². The summed E-state index contributed by atoms with van der Waals surface area (Å²) < 4.78 is 10.6. The molecule has 2 aliphatic heterocycles. The number of hydrogen-bond donors (Lipinski definition) is 2. The number of thioether (sulfide) groups is 1. The van der Waals surface area contributed by atoms with Crippen LogP contribution in [0.4, 0.5) is 0 Å². The van der Waals surface area contributed by atoms with Crippen molar-refractivity contribution >= 4 is 69.4 Å². The first-order valence-electron chi connectivity index (χ1n) is 7.71. The minimum absolute atomic E-state index is 0.0918. The lowest BCUT2D eigenvalue weighted by Gasteiger charge is -2.18. The molecule has 0 spiro atoms. The van der Waals surface area contributed by atoms with Gasteiger partial charge in [0.05, 0.1) is 19.1 Å². The molecule has 0 aromatic heterocycles. The van der Waals surface area contributed by atoms with Crippen molar-refractivity contribution in [3.63, 3.8) is 0 Å². The van der Waals surface area contributed by atoms with E-state index in [2.05, 4.69) is 10.6 Å². The van der Waals surface area contributed by atoms with Gasteiger partial charge in [-0.25, -0.2) is 0 Å². The molecule has 28 heavy (non-hydrogen) atoms. The molecule has 144 valence electrons. The average Bonchev–Trinajstić information content (AvgIpc) is 2.91. The smallest absolute Gasteiger partial charge is 0.270 e. The van der Waals surface area contributed by atoms with Gasteiger partial charge in [0.15, 0.2) is 20.9 Å². The van der Waals surface area contributed by atoms with Crippen molar-refractivity contribution in [3.8, 4) is 11.5 Å². The Morgan fingerprint density at radius 1 is 1.04 bits per heavy atom. The number of thiocarbonyl (C=S) groups is 2. The third-order valence-corrected chi connectivity index (χ3v) is 5.27. The Bertz CT molecular complexity index is 964. The summed E-state index contributed by atoms with van der Waals surface area (Å²) in [6.45, 7) is 0.